The minimum Gasteiger partial charge on any atom is -0.345 e. The summed E-state index contributed by atoms with van der Waals surface area (Å²) in [5.41, 5.74) is 7.56. The molecule has 6 rings (SSSR count). The molecule has 1 amide bonds. The van der Waals surface area contributed by atoms with Gasteiger partial charge in [-0.3, -0.25) is 4.79 Å². The Bertz CT molecular complexity index is 1440. The molecule has 0 radical (unpaired) electrons. The predicted octanol–water partition coefficient (Wildman–Crippen LogP) is 4.76. The van der Waals surface area contributed by atoms with Gasteiger partial charge in [0, 0.05) is 11.3 Å². The van der Waals surface area contributed by atoms with Gasteiger partial charge in [0.15, 0.2) is 5.69 Å². The van der Waals surface area contributed by atoms with Gasteiger partial charge in [0.2, 0.25) is 0 Å². The van der Waals surface area contributed by atoms with Crippen LogP contribution in [0.2, 0.25) is 0 Å². The number of amides is 1. The second-order valence-corrected chi connectivity index (χ2v) is 8.37. The molecule has 1 aliphatic carbocycles. The van der Waals surface area contributed by atoms with Crippen LogP contribution >= 0.6 is 0 Å². The fourth-order valence-corrected chi connectivity index (χ4v) is 4.74. The highest BCUT2D eigenvalue weighted by Crippen LogP contribution is 2.30. The van der Waals surface area contributed by atoms with Crippen molar-refractivity contribution in [2.24, 2.45) is 0 Å². The summed E-state index contributed by atoms with van der Waals surface area (Å²) in [6, 6.07) is 25.8. The Kier molecular flexibility index (Phi) is 4.76. The maximum atomic E-state index is 13.6. The molecule has 1 atom stereocenters. The fraction of sp³-hybridized carbons (Fsp3) is 0.148. The second kappa shape index (κ2) is 8.06. The van der Waals surface area contributed by atoms with E-state index in [1.807, 2.05) is 83.5 Å². The van der Waals surface area contributed by atoms with Crippen LogP contribution < -0.4 is 5.32 Å². The van der Waals surface area contributed by atoms with E-state index in [0.29, 0.717) is 5.69 Å². The third kappa shape index (κ3) is 3.49. The predicted molar refractivity (Wildman–Crippen MR) is 127 cm³/mol. The number of hydrogen-bond acceptors (Lipinski definition) is 3. The van der Waals surface area contributed by atoms with E-state index in [-0.39, 0.29) is 11.9 Å². The second-order valence-electron chi connectivity index (χ2n) is 8.37. The Labute approximate surface area is 191 Å². The molecule has 2 heterocycles. The van der Waals surface area contributed by atoms with Crippen molar-refractivity contribution in [2.75, 3.05) is 0 Å². The molecule has 3 aromatic carbocycles. The third-order valence-corrected chi connectivity index (χ3v) is 6.33. The molecule has 5 aromatic rings. The average Bonchev–Trinajstić information content (AvgIpc) is 3.60. The highest BCUT2D eigenvalue weighted by atomic mass is 16.2. The summed E-state index contributed by atoms with van der Waals surface area (Å²) in [6.07, 6.45) is 4.53. The number of nitrogens with zero attached hydrogens (tertiary/aromatic N) is 3. The first-order valence-corrected chi connectivity index (χ1v) is 11.2. The lowest BCUT2D eigenvalue weighted by atomic mass is 9.98. The lowest BCUT2D eigenvalue weighted by Crippen LogP contribution is -2.30. The monoisotopic (exact) mass is 433 g/mol. The van der Waals surface area contributed by atoms with E-state index < -0.39 is 0 Å². The third-order valence-electron chi connectivity index (χ3n) is 6.33. The van der Waals surface area contributed by atoms with Gasteiger partial charge in [0.1, 0.15) is 0 Å². The van der Waals surface area contributed by atoms with Crippen molar-refractivity contribution in [2.45, 2.75) is 25.3 Å². The maximum Gasteiger partial charge on any atom is 0.272 e. The molecule has 0 spiro atoms. The van der Waals surface area contributed by atoms with Crippen molar-refractivity contribution >= 4 is 16.9 Å². The van der Waals surface area contributed by atoms with Crippen molar-refractivity contribution in [1.29, 1.82) is 0 Å². The molecule has 0 saturated heterocycles. The Morgan fingerprint density at radius 2 is 1.73 bits per heavy atom. The quantitative estimate of drug-likeness (QED) is 0.420. The number of hydrogen-bond donors (Lipinski definition) is 2. The van der Waals surface area contributed by atoms with Crippen LogP contribution in [0.3, 0.4) is 0 Å². The number of aromatic nitrogens is 4. The molecule has 6 nitrogen and oxygen atoms in total. The summed E-state index contributed by atoms with van der Waals surface area (Å²) in [5.74, 6) is -0.151. The van der Waals surface area contributed by atoms with Crippen LogP contribution in [0.25, 0.3) is 16.7 Å². The largest absolute Gasteiger partial charge is 0.345 e. The summed E-state index contributed by atoms with van der Waals surface area (Å²) in [4.78, 5) is 21.1. The van der Waals surface area contributed by atoms with Crippen molar-refractivity contribution in [1.82, 2.24) is 25.1 Å². The van der Waals surface area contributed by atoms with Gasteiger partial charge in [-0.2, -0.15) is 5.10 Å². The highest BCUT2D eigenvalue weighted by molar-refractivity contribution is 5.95. The number of aromatic amines is 1. The van der Waals surface area contributed by atoms with Gasteiger partial charge < -0.3 is 10.3 Å². The summed E-state index contributed by atoms with van der Waals surface area (Å²) < 4.78 is 1.94. The molecule has 1 aliphatic rings. The van der Waals surface area contributed by atoms with Crippen LogP contribution in [0.15, 0.2) is 85.2 Å². The minimum absolute atomic E-state index is 0.151. The zero-order valence-electron chi connectivity index (χ0n) is 18.0. The molecule has 0 aliphatic heterocycles. The molecule has 0 fully saturated rings. The topological polar surface area (TPSA) is 75.6 Å². The van der Waals surface area contributed by atoms with Crippen molar-refractivity contribution in [3.05, 3.63) is 113 Å². The van der Waals surface area contributed by atoms with Gasteiger partial charge in [0.25, 0.3) is 5.91 Å². The van der Waals surface area contributed by atoms with Gasteiger partial charge in [-0.15, -0.1) is 0 Å². The van der Waals surface area contributed by atoms with Crippen LogP contribution in [0, 0.1) is 0 Å². The Balaban J connectivity index is 1.39. The number of para-hydroxylation sites is 1. The standard InChI is InChI=1S/C27H23N5O/c33-27(26-21-12-7-13-24(21)32(31-26)20-10-5-2-6-11-20)30-25(18-8-3-1-4-9-18)19-14-15-22-23(16-19)29-17-28-22/h1-6,8-11,14-17,25H,7,12-13H2,(H,28,29)(H,30,33). The molecule has 1 unspecified atom stereocenters. The first kappa shape index (κ1) is 19.5. The van der Waals surface area contributed by atoms with E-state index in [1.54, 1.807) is 6.33 Å². The smallest absolute Gasteiger partial charge is 0.272 e. The van der Waals surface area contributed by atoms with E-state index >= 15 is 0 Å². The zero-order valence-corrected chi connectivity index (χ0v) is 18.0. The van der Waals surface area contributed by atoms with Gasteiger partial charge in [-0.05, 0) is 54.7 Å². The van der Waals surface area contributed by atoms with E-state index in [9.17, 15) is 4.79 Å². The van der Waals surface area contributed by atoms with Gasteiger partial charge in [-0.1, -0.05) is 54.6 Å². The number of benzene rings is 3. The lowest BCUT2D eigenvalue weighted by molar-refractivity contribution is 0.0936. The van der Waals surface area contributed by atoms with Crippen LogP contribution in [0.4, 0.5) is 0 Å². The average molecular weight is 434 g/mol. The number of fused-ring (bicyclic) bond motifs is 2. The van der Waals surface area contributed by atoms with Gasteiger partial charge in [0.05, 0.1) is 29.1 Å². The molecule has 2 aromatic heterocycles. The molecule has 2 N–H and O–H groups in total. The molecular weight excluding hydrogens is 410 g/mol. The van der Waals surface area contributed by atoms with Crippen molar-refractivity contribution in [3.8, 4) is 5.69 Å². The summed E-state index contributed by atoms with van der Waals surface area (Å²) in [6.45, 7) is 0. The molecule has 0 bridgehead atoms. The number of imidazole rings is 1. The van der Waals surface area contributed by atoms with Crippen LogP contribution in [0.1, 0.15) is 45.3 Å². The summed E-state index contributed by atoms with van der Waals surface area (Å²) >= 11 is 0. The van der Waals surface area contributed by atoms with Crippen LogP contribution in [-0.4, -0.2) is 25.7 Å². The van der Waals surface area contributed by atoms with E-state index in [2.05, 4.69) is 15.3 Å². The Morgan fingerprint density at radius 3 is 2.55 bits per heavy atom. The molecular formula is C27H23N5O. The Morgan fingerprint density at radius 1 is 0.939 bits per heavy atom. The first-order valence-electron chi connectivity index (χ1n) is 11.2. The zero-order chi connectivity index (χ0) is 22.2. The minimum atomic E-state index is -0.301. The number of H-pyrrole nitrogens is 1. The van der Waals surface area contributed by atoms with Crippen molar-refractivity contribution in [3.63, 3.8) is 0 Å². The van der Waals surface area contributed by atoms with E-state index in [0.717, 1.165) is 58.4 Å². The fourth-order valence-electron chi connectivity index (χ4n) is 4.74. The van der Waals surface area contributed by atoms with Gasteiger partial charge in [-0.25, -0.2) is 9.67 Å². The SMILES string of the molecule is O=C(NC(c1ccccc1)c1ccc2nc[nH]c2c1)c1nn(-c2ccccc2)c2c1CCC2. The summed E-state index contributed by atoms with van der Waals surface area (Å²) in [5, 5.41) is 8.04. The molecule has 162 valence electrons. The normalized spacial score (nSPS) is 13.7. The lowest BCUT2D eigenvalue weighted by Gasteiger charge is -2.20. The van der Waals surface area contributed by atoms with Crippen LogP contribution in [0.5, 0.6) is 0 Å². The van der Waals surface area contributed by atoms with Crippen molar-refractivity contribution < 1.29 is 4.79 Å². The molecule has 6 heteroatoms. The first-order chi connectivity index (χ1) is 16.3. The van der Waals surface area contributed by atoms with Gasteiger partial charge >= 0.3 is 0 Å². The number of carbonyl (C=O) groups is 1. The van der Waals surface area contributed by atoms with Crippen LogP contribution in [-0.2, 0) is 12.8 Å². The number of carbonyl (C=O) groups excluding carboxylic acids is 1. The molecule has 0 saturated carbocycles. The molecule has 33 heavy (non-hydrogen) atoms. The van der Waals surface area contributed by atoms with E-state index in [4.69, 9.17) is 5.10 Å². The summed E-state index contributed by atoms with van der Waals surface area (Å²) in [7, 11) is 0. The Hall–Kier alpha value is -4.19. The highest BCUT2D eigenvalue weighted by Gasteiger charge is 2.28. The number of rotatable bonds is 5. The number of nitrogens with one attached hydrogen (secondary N) is 2. The van der Waals surface area contributed by atoms with E-state index in [1.165, 1.54) is 0 Å². The maximum absolute atomic E-state index is 13.6.